The highest BCUT2D eigenvalue weighted by Crippen LogP contribution is 2.33. The van der Waals surface area contributed by atoms with Gasteiger partial charge in [-0.3, -0.25) is 10.2 Å². The first-order valence-electron chi connectivity index (χ1n) is 11.2. The molecule has 0 bridgehead atoms. The number of anilines is 1. The SMILES string of the molecule is COc1cc(C=NNc2nc(-c3ccccc3)cs2)c(Br)cc1OCC(=O)NC1CCCCC1. The molecule has 2 N–H and O–H groups in total. The molecule has 7 nitrogen and oxygen atoms in total. The summed E-state index contributed by atoms with van der Waals surface area (Å²) >= 11 is 5.04. The molecule has 1 aliphatic carbocycles. The molecule has 1 fully saturated rings. The highest BCUT2D eigenvalue weighted by Gasteiger charge is 2.17. The van der Waals surface area contributed by atoms with E-state index in [0.717, 1.165) is 34.1 Å². The van der Waals surface area contributed by atoms with E-state index in [2.05, 4.69) is 36.8 Å². The highest BCUT2D eigenvalue weighted by atomic mass is 79.9. The summed E-state index contributed by atoms with van der Waals surface area (Å²) in [5.41, 5.74) is 5.73. The monoisotopic (exact) mass is 542 g/mol. The quantitative estimate of drug-likeness (QED) is 0.261. The summed E-state index contributed by atoms with van der Waals surface area (Å²) in [5.74, 6) is 0.902. The van der Waals surface area contributed by atoms with Gasteiger partial charge in [-0.1, -0.05) is 49.6 Å². The molecule has 178 valence electrons. The van der Waals surface area contributed by atoms with Crippen molar-refractivity contribution in [2.24, 2.45) is 5.10 Å². The van der Waals surface area contributed by atoms with Crippen LogP contribution in [0.25, 0.3) is 11.3 Å². The van der Waals surface area contributed by atoms with E-state index in [1.165, 1.54) is 30.6 Å². The second kappa shape index (κ2) is 12.0. The minimum atomic E-state index is -0.113. The van der Waals surface area contributed by atoms with Crippen molar-refractivity contribution in [3.8, 4) is 22.8 Å². The predicted octanol–water partition coefficient (Wildman–Crippen LogP) is 5.85. The number of nitrogens with one attached hydrogen (secondary N) is 2. The number of ether oxygens (including phenoxy) is 2. The van der Waals surface area contributed by atoms with Gasteiger partial charge in [0.1, 0.15) is 0 Å². The summed E-state index contributed by atoms with van der Waals surface area (Å²) < 4.78 is 12.0. The summed E-state index contributed by atoms with van der Waals surface area (Å²) in [6.07, 6.45) is 7.34. The van der Waals surface area contributed by atoms with Crippen LogP contribution in [-0.2, 0) is 4.79 Å². The molecule has 34 heavy (non-hydrogen) atoms. The predicted molar refractivity (Wildman–Crippen MR) is 140 cm³/mol. The molecule has 1 aliphatic rings. The van der Waals surface area contributed by atoms with Crippen LogP contribution < -0.4 is 20.2 Å². The minimum absolute atomic E-state index is 0.0535. The van der Waals surface area contributed by atoms with Crippen LogP contribution in [0.1, 0.15) is 37.7 Å². The molecule has 0 unspecified atom stereocenters. The molecule has 1 aromatic heterocycles. The van der Waals surface area contributed by atoms with E-state index in [1.807, 2.05) is 35.7 Å². The minimum Gasteiger partial charge on any atom is -0.493 e. The van der Waals surface area contributed by atoms with Crippen LogP contribution in [0, 0.1) is 0 Å². The smallest absolute Gasteiger partial charge is 0.258 e. The molecule has 1 saturated carbocycles. The molecule has 3 aromatic rings. The lowest BCUT2D eigenvalue weighted by atomic mass is 9.95. The van der Waals surface area contributed by atoms with Gasteiger partial charge < -0.3 is 14.8 Å². The molecule has 0 saturated heterocycles. The number of aromatic nitrogens is 1. The van der Waals surface area contributed by atoms with Crippen molar-refractivity contribution in [1.29, 1.82) is 0 Å². The fourth-order valence-corrected chi connectivity index (χ4v) is 4.90. The van der Waals surface area contributed by atoms with Gasteiger partial charge in [0, 0.05) is 27.0 Å². The van der Waals surface area contributed by atoms with Crippen LogP contribution in [0.2, 0.25) is 0 Å². The zero-order chi connectivity index (χ0) is 23.8. The number of nitrogens with zero attached hydrogens (tertiary/aromatic N) is 2. The number of hydrogen-bond acceptors (Lipinski definition) is 7. The third-order valence-electron chi connectivity index (χ3n) is 5.55. The Kier molecular flexibility index (Phi) is 8.54. The van der Waals surface area contributed by atoms with Crippen molar-refractivity contribution < 1.29 is 14.3 Å². The fraction of sp³-hybridized carbons (Fsp3) is 0.320. The Hall–Kier alpha value is -2.91. The van der Waals surface area contributed by atoms with Gasteiger partial charge in [-0.15, -0.1) is 11.3 Å². The Labute approximate surface area is 211 Å². The maximum Gasteiger partial charge on any atom is 0.258 e. The third kappa shape index (κ3) is 6.57. The summed E-state index contributed by atoms with van der Waals surface area (Å²) in [6, 6.07) is 13.8. The molecule has 1 heterocycles. The van der Waals surface area contributed by atoms with E-state index in [-0.39, 0.29) is 18.6 Å². The summed E-state index contributed by atoms with van der Waals surface area (Å²) in [5, 5.41) is 10.0. The van der Waals surface area contributed by atoms with E-state index in [4.69, 9.17) is 9.47 Å². The Morgan fingerprint density at radius 1 is 1.21 bits per heavy atom. The zero-order valence-corrected chi connectivity index (χ0v) is 21.3. The first kappa shape index (κ1) is 24.2. The number of hydrogen-bond donors (Lipinski definition) is 2. The molecule has 4 rings (SSSR count). The molecular formula is C25H27BrN4O3S. The molecule has 2 aromatic carbocycles. The van der Waals surface area contributed by atoms with Gasteiger partial charge in [-0.2, -0.15) is 5.10 Å². The van der Waals surface area contributed by atoms with Gasteiger partial charge in [0.05, 0.1) is 19.0 Å². The zero-order valence-electron chi connectivity index (χ0n) is 18.9. The standard InChI is InChI=1S/C25H27BrN4O3S/c1-32-22-12-18(14-27-30-25-29-21(16-34-25)17-8-4-2-5-9-17)20(26)13-23(22)33-15-24(31)28-19-10-6-3-7-11-19/h2,4-5,8-9,12-14,16,19H,3,6-7,10-11,15H2,1H3,(H,28,31)(H,29,30). The van der Waals surface area contributed by atoms with Crippen molar-refractivity contribution in [2.45, 2.75) is 38.1 Å². The van der Waals surface area contributed by atoms with E-state index in [0.29, 0.717) is 16.6 Å². The number of halogens is 1. The number of benzene rings is 2. The topological polar surface area (TPSA) is 84.8 Å². The van der Waals surface area contributed by atoms with Gasteiger partial charge in [-0.25, -0.2) is 4.98 Å². The summed E-state index contributed by atoms with van der Waals surface area (Å²) in [6.45, 7) is -0.0535. The van der Waals surface area contributed by atoms with Crippen LogP contribution in [0.4, 0.5) is 5.13 Å². The number of carbonyl (C=O) groups excluding carboxylic acids is 1. The van der Waals surface area contributed by atoms with Crippen molar-refractivity contribution in [3.05, 3.63) is 57.9 Å². The van der Waals surface area contributed by atoms with Crippen LogP contribution in [0.15, 0.2) is 57.4 Å². The number of thiazole rings is 1. The van der Waals surface area contributed by atoms with Crippen LogP contribution in [0.5, 0.6) is 11.5 Å². The Morgan fingerprint density at radius 3 is 2.76 bits per heavy atom. The Morgan fingerprint density at radius 2 is 2.00 bits per heavy atom. The molecule has 0 aliphatic heterocycles. The summed E-state index contributed by atoms with van der Waals surface area (Å²) in [4.78, 5) is 16.8. The normalized spacial score (nSPS) is 14.2. The van der Waals surface area contributed by atoms with Crippen LogP contribution in [0.3, 0.4) is 0 Å². The average molecular weight is 543 g/mol. The number of hydrazone groups is 1. The van der Waals surface area contributed by atoms with Gasteiger partial charge in [0.2, 0.25) is 5.13 Å². The second-order valence-corrected chi connectivity index (χ2v) is 9.70. The maximum atomic E-state index is 12.3. The molecular weight excluding hydrogens is 516 g/mol. The average Bonchev–Trinajstić information content (AvgIpc) is 3.34. The van der Waals surface area contributed by atoms with E-state index in [1.54, 1.807) is 25.5 Å². The lowest BCUT2D eigenvalue weighted by Gasteiger charge is -2.22. The fourth-order valence-electron chi connectivity index (χ4n) is 3.81. The lowest BCUT2D eigenvalue weighted by Crippen LogP contribution is -2.39. The van der Waals surface area contributed by atoms with E-state index < -0.39 is 0 Å². The molecule has 0 spiro atoms. The first-order chi connectivity index (χ1) is 16.6. The van der Waals surface area contributed by atoms with Crippen molar-refractivity contribution >= 4 is 44.5 Å². The highest BCUT2D eigenvalue weighted by molar-refractivity contribution is 9.10. The lowest BCUT2D eigenvalue weighted by molar-refractivity contribution is -0.124. The van der Waals surface area contributed by atoms with Gasteiger partial charge in [0.25, 0.3) is 5.91 Å². The third-order valence-corrected chi connectivity index (χ3v) is 6.98. The first-order valence-corrected chi connectivity index (χ1v) is 12.9. The summed E-state index contributed by atoms with van der Waals surface area (Å²) in [7, 11) is 1.57. The molecule has 9 heteroatoms. The van der Waals surface area contributed by atoms with E-state index >= 15 is 0 Å². The number of amides is 1. The van der Waals surface area contributed by atoms with E-state index in [9.17, 15) is 4.79 Å². The number of rotatable bonds is 9. The number of methoxy groups -OCH3 is 1. The Balaban J connectivity index is 1.35. The largest absolute Gasteiger partial charge is 0.493 e. The molecule has 0 radical (unpaired) electrons. The maximum absolute atomic E-state index is 12.3. The van der Waals surface area contributed by atoms with Gasteiger partial charge in [0.15, 0.2) is 18.1 Å². The molecule has 1 amide bonds. The van der Waals surface area contributed by atoms with Crippen LogP contribution in [-0.4, -0.2) is 36.9 Å². The van der Waals surface area contributed by atoms with Gasteiger partial charge in [-0.05, 0) is 40.9 Å². The van der Waals surface area contributed by atoms with Crippen LogP contribution >= 0.6 is 27.3 Å². The second-order valence-electron chi connectivity index (χ2n) is 7.99. The molecule has 0 atom stereocenters. The number of carbonyl (C=O) groups is 1. The van der Waals surface area contributed by atoms with Crippen molar-refractivity contribution in [3.63, 3.8) is 0 Å². The van der Waals surface area contributed by atoms with Gasteiger partial charge >= 0.3 is 0 Å². The van der Waals surface area contributed by atoms with Crippen molar-refractivity contribution in [1.82, 2.24) is 10.3 Å². The van der Waals surface area contributed by atoms with Crippen molar-refractivity contribution in [2.75, 3.05) is 19.1 Å². The Bertz CT molecular complexity index is 1130.